The summed E-state index contributed by atoms with van der Waals surface area (Å²) in [6.07, 6.45) is 3.84. The molecule has 0 amide bonds. The number of ether oxygens (including phenoxy) is 2. The molecular formula is C21H43IN4O2. The van der Waals surface area contributed by atoms with Crippen molar-refractivity contribution in [3.8, 4) is 0 Å². The van der Waals surface area contributed by atoms with Gasteiger partial charge in [-0.2, -0.15) is 0 Å². The molecule has 1 N–H and O–H groups in total. The van der Waals surface area contributed by atoms with Gasteiger partial charge in [-0.25, -0.2) is 0 Å². The molecule has 2 saturated heterocycles. The minimum atomic E-state index is 0. The second kappa shape index (κ2) is 13.2. The van der Waals surface area contributed by atoms with E-state index in [9.17, 15) is 0 Å². The second-order valence-electron chi connectivity index (χ2n) is 8.84. The van der Waals surface area contributed by atoms with Crippen LogP contribution in [0.1, 0.15) is 47.0 Å². The molecule has 2 heterocycles. The van der Waals surface area contributed by atoms with Crippen molar-refractivity contribution in [1.82, 2.24) is 15.1 Å². The molecule has 0 spiro atoms. The molecule has 0 bridgehead atoms. The van der Waals surface area contributed by atoms with Crippen molar-refractivity contribution in [1.29, 1.82) is 0 Å². The lowest BCUT2D eigenvalue weighted by Crippen LogP contribution is -2.51. The summed E-state index contributed by atoms with van der Waals surface area (Å²) in [7, 11) is 1.71. The quantitative estimate of drug-likeness (QED) is 0.224. The number of guanidine groups is 1. The fourth-order valence-corrected chi connectivity index (χ4v) is 4.09. The number of nitrogens with zero attached hydrogens (tertiary/aromatic N) is 3. The van der Waals surface area contributed by atoms with E-state index in [2.05, 4.69) is 42.8 Å². The lowest BCUT2D eigenvalue weighted by atomic mass is 9.94. The van der Waals surface area contributed by atoms with Gasteiger partial charge in [0, 0.05) is 44.7 Å². The summed E-state index contributed by atoms with van der Waals surface area (Å²) in [6.45, 7) is 17.6. The van der Waals surface area contributed by atoms with Crippen molar-refractivity contribution in [3.63, 3.8) is 0 Å². The molecular weight excluding hydrogens is 467 g/mol. The smallest absolute Gasteiger partial charge is 0.193 e. The predicted molar refractivity (Wildman–Crippen MR) is 128 cm³/mol. The second-order valence-corrected chi connectivity index (χ2v) is 8.84. The Morgan fingerprint density at radius 3 is 2.64 bits per heavy atom. The maximum atomic E-state index is 5.73. The standard InChI is InChI=1S/C21H42N4O2.HI/c1-6-22-20(24-11-9-19(15-24)16-27-13-12-26-5)23-17-21(3,4)25-10-7-8-18(2)14-25;/h18-19H,6-17H2,1-5H3,(H,22,23);1H. The van der Waals surface area contributed by atoms with Crippen LogP contribution < -0.4 is 5.32 Å². The largest absolute Gasteiger partial charge is 0.382 e. The topological polar surface area (TPSA) is 49.3 Å². The summed E-state index contributed by atoms with van der Waals surface area (Å²) >= 11 is 0. The molecule has 6 nitrogen and oxygen atoms in total. The Labute approximate surface area is 189 Å². The van der Waals surface area contributed by atoms with Crippen LogP contribution >= 0.6 is 24.0 Å². The molecule has 28 heavy (non-hydrogen) atoms. The van der Waals surface area contributed by atoms with Gasteiger partial charge in [0.1, 0.15) is 0 Å². The highest BCUT2D eigenvalue weighted by Gasteiger charge is 2.31. The van der Waals surface area contributed by atoms with E-state index in [0.29, 0.717) is 19.1 Å². The van der Waals surface area contributed by atoms with E-state index in [4.69, 9.17) is 14.5 Å². The molecule has 0 radical (unpaired) electrons. The molecule has 2 aliphatic rings. The van der Waals surface area contributed by atoms with Crippen molar-refractivity contribution in [2.24, 2.45) is 16.8 Å². The van der Waals surface area contributed by atoms with Crippen molar-refractivity contribution in [3.05, 3.63) is 0 Å². The lowest BCUT2D eigenvalue weighted by molar-refractivity contribution is 0.0536. The van der Waals surface area contributed by atoms with Crippen molar-refractivity contribution in [2.45, 2.75) is 52.5 Å². The number of piperidine rings is 1. The molecule has 7 heteroatoms. The van der Waals surface area contributed by atoms with Crippen molar-refractivity contribution < 1.29 is 9.47 Å². The number of methoxy groups -OCH3 is 1. The third-order valence-corrected chi connectivity index (χ3v) is 5.83. The van der Waals surface area contributed by atoms with Gasteiger partial charge in [0.05, 0.1) is 26.4 Å². The summed E-state index contributed by atoms with van der Waals surface area (Å²) in [6, 6.07) is 0. The summed E-state index contributed by atoms with van der Waals surface area (Å²) in [5.41, 5.74) is 0.109. The molecule has 0 aromatic carbocycles. The van der Waals surface area contributed by atoms with E-state index in [1.807, 2.05) is 0 Å². The van der Waals surface area contributed by atoms with Gasteiger partial charge in [-0.05, 0) is 52.5 Å². The van der Waals surface area contributed by atoms with Gasteiger partial charge in [-0.1, -0.05) is 6.92 Å². The molecule has 0 saturated carbocycles. The number of hydrogen-bond donors (Lipinski definition) is 1. The zero-order valence-electron chi connectivity index (χ0n) is 18.7. The summed E-state index contributed by atoms with van der Waals surface area (Å²) < 4.78 is 10.8. The highest BCUT2D eigenvalue weighted by Crippen LogP contribution is 2.24. The molecule has 2 aliphatic heterocycles. The Bertz CT molecular complexity index is 462. The lowest BCUT2D eigenvalue weighted by Gasteiger charge is -2.42. The number of nitrogens with one attached hydrogen (secondary N) is 1. The minimum Gasteiger partial charge on any atom is -0.382 e. The van der Waals surface area contributed by atoms with Gasteiger partial charge in [-0.3, -0.25) is 9.89 Å². The van der Waals surface area contributed by atoms with Gasteiger partial charge in [0.2, 0.25) is 0 Å². The highest BCUT2D eigenvalue weighted by atomic mass is 127. The fraction of sp³-hybridized carbons (Fsp3) is 0.952. The average Bonchev–Trinajstić information content (AvgIpc) is 3.11. The van der Waals surface area contributed by atoms with E-state index in [1.54, 1.807) is 7.11 Å². The normalized spacial score (nSPS) is 24.3. The fourth-order valence-electron chi connectivity index (χ4n) is 4.09. The summed E-state index contributed by atoms with van der Waals surface area (Å²) in [5, 5.41) is 3.50. The van der Waals surface area contributed by atoms with Crippen LogP contribution in [0.25, 0.3) is 0 Å². The van der Waals surface area contributed by atoms with Crippen molar-refractivity contribution in [2.75, 3.05) is 66.2 Å². The molecule has 2 fully saturated rings. The first-order valence-electron chi connectivity index (χ1n) is 10.8. The number of rotatable bonds is 9. The Balaban J connectivity index is 0.00000392. The molecule has 0 aliphatic carbocycles. The number of aliphatic imine (C=N–C) groups is 1. The Morgan fingerprint density at radius 2 is 1.96 bits per heavy atom. The van der Waals surface area contributed by atoms with Crippen LogP contribution in [0.15, 0.2) is 4.99 Å². The number of likely N-dealkylation sites (tertiary alicyclic amines) is 2. The van der Waals surface area contributed by atoms with E-state index < -0.39 is 0 Å². The van der Waals surface area contributed by atoms with Gasteiger partial charge in [-0.15, -0.1) is 24.0 Å². The van der Waals surface area contributed by atoms with E-state index in [0.717, 1.165) is 44.7 Å². The van der Waals surface area contributed by atoms with Gasteiger partial charge < -0.3 is 19.7 Å². The van der Waals surface area contributed by atoms with E-state index >= 15 is 0 Å². The molecule has 0 aromatic rings. The molecule has 2 rings (SSSR count). The van der Waals surface area contributed by atoms with Gasteiger partial charge >= 0.3 is 0 Å². The predicted octanol–water partition coefficient (Wildman–Crippen LogP) is 3.07. The maximum absolute atomic E-state index is 5.73. The first-order chi connectivity index (χ1) is 13.0. The minimum absolute atomic E-state index is 0. The average molecular weight is 511 g/mol. The van der Waals surface area contributed by atoms with Crippen LogP contribution in [0.4, 0.5) is 0 Å². The van der Waals surface area contributed by atoms with Gasteiger partial charge in [0.15, 0.2) is 5.96 Å². The molecule has 166 valence electrons. The first-order valence-corrected chi connectivity index (χ1v) is 10.8. The molecule has 2 atom stereocenters. The Kier molecular flexibility index (Phi) is 12.3. The van der Waals surface area contributed by atoms with Crippen LogP contribution in [0.5, 0.6) is 0 Å². The van der Waals surface area contributed by atoms with Crippen LogP contribution in [-0.2, 0) is 9.47 Å². The third kappa shape index (κ3) is 8.32. The van der Waals surface area contributed by atoms with E-state index in [-0.39, 0.29) is 29.5 Å². The Hall–Kier alpha value is -0.120. The van der Waals surface area contributed by atoms with Gasteiger partial charge in [0.25, 0.3) is 0 Å². The van der Waals surface area contributed by atoms with Crippen molar-refractivity contribution >= 4 is 29.9 Å². The monoisotopic (exact) mass is 510 g/mol. The molecule has 0 aromatic heterocycles. The number of hydrogen-bond acceptors (Lipinski definition) is 4. The van der Waals surface area contributed by atoms with Crippen LogP contribution in [-0.4, -0.2) is 87.5 Å². The first kappa shape index (κ1) is 25.9. The highest BCUT2D eigenvalue weighted by molar-refractivity contribution is 14.0. The van der Waals surface area contributed by atoms with Crippen LogP contribution in [0.3, 0.4) is 0 Å². The zero-order valence-corrected chi connectivity index (χ0v) is 21.0. The van der Waals surface area contributed by atoms with Crippen LogP contribution in [0.2, 0.25) is 0 Å². The maximum Gasteiger partial charge on any atom is 0.193 e. The Morgan fingerprint density at radius 1 is 1.18 bits per heavy atom. The number of halogens is 1. The third-order valence-electron chi connectivity index (χ3n) is 5.83. The summed E-state index contributed by atoms with van der Waals surface area (Å²) in [4.78, 5) is 10.1. The molecule has 2 unspecified atom stereocenters. The SMILES string of the molecule is CCNC(=NCC(C)(C)N1CCCC(C)C1)N1CCC(COCCOC)C1.I. The van der Waals surface area contributed by atoms with E-state index in [1.165, 1.54) is 32.4 Å². The zero-order chi connectivity index (χ0) is 19.7. The summed E-state index contributed by atoms with van der Waals surface area (Å²) in [5.74, 6) is 2.45. The van der Waals surface area contributed by atoms with Crippen LogP contribution in [0, 0.1) is 11.8 Å².